The van der Waals surface area contributed by atoms with E-state index in [1.165, 1.54) is 5.56 Å². The summed E-state index contributed by atoms with van der Waals surface area (Å²) < 4.78 is 0. The molecule has 1 aromatic carbocycles. The number of pyridine rings is 1. The molecule has 0 bridgehead atoms. The van der Waals surface area contributed by atoms with Gasteiger partial charge in [-0.3, -0.25) is 0 Å². The highest BCUT2D eigenvalue weighted by Gasteiger charge is 2.09. The largest absolute Gasteiger partial charge is 0.372 e. The summed E-state index contributed by atoms with van der Waals surface area (Å²) in [5.74, 6) is 1.48. The third kappa shape index (κ3) is 3.31. The first-order valence-electron chi connectivity index (χ1n) is 5.41. The van der Waals surface area contributed by atoms with Gasteiger partial charge >= 0.3 is 0 Å². The maximum absolute atomic E-state index is 6.13. The van der Waals surface area contributed by atoms with Crippen LogP contribution in [0.4, 0.5) is 5.82 Å². The molecule has 0 saturated heterocycles. The van der Waals surface area contributed by atoms with E-state index in [0.29, 0.717) is 15.9 Å². The Morgan fingerprint density at radius 1 is 1.17 bits per heavy atom. The second kappa shape index (κ2) is 6.32. The molecule has 1 heterocycles. The fourth-order valence-electron chi connectivity index (χ4n) is 1.45. The van der Waals surface area contributed by atoms with Gasteiger partial charge in [0.25, 0.3) is 0 Å². The molecule has 1 N–H and O–H groups in total. The smallest absolute Gasteiger partial charge is 0.145 e. The van der Waals surface area contributed by atoms with E-state index in [1.54, 1.807) is 24.9 Å². The number of aromatic nitrogens is 1. The predicted molar refractivity (Wildman–Crippen MR) is 79.8 cm³/mol. The minimum Gasteiger partial charge on any atom is -0.372 e. The molecule has 94 valence electrons. The quantitative estimate of drug-likeness (QED) is 0.827. The van der Waals surface area contributed by atoms with E-state index in [0.717, 1.165) is 10.8 Å². The molecular weight excluding hydrogens is 287 g/mol. The van der Waals surface area contributed by atoms with E-state index >= 15 is 0 Å². The predicted octanol–water partition coefficient (Wildman–Crippen LogP) is 4.72. The summed E-state index contributed by atoms with van der Waals surface area (Å²) in [5.41, 5.74) is 1.24. The Bertz CT molecular complexity index is 532. The van der Waals surface area contributed by atoms with Crippen molar-refractivity contribution in [2.24, 2.45) is 0 Å². The number of rotatable bonds is 4. The summed E-state index contributed by atoms with van der Waals surface area (Å²) in [7, 11) is 1.79. The number of nitrogens with one attached hydrogen (secondary N) is 1. The summed E-state index contributed by atoms with van der Waals surface area (Å²) in [6.45, 7) is 0. The molecule has 18 heavy (non-hydrogen) atoms. The molecule has 0 aliphatic rings. The van der Waals surface area contributed by atoms with Crippen molar-refractivity contribution in [2.45, 2.75) is 10.8 Å². The van der Waals surface area contributed by atoms with Crippen molar-refractivity contribution >= 4 is 40.8 Å². The molecule has 0 spiro atoms. The van der Waals surface area contributed by atoms with Crippen LogP contribution >= 0.6 is 35.0 Å². The van der Waals surface area contributed by atoms with Crippen molar-refractivity contribution < 1.29 is 0 Å². The van der Waals surface area contributed by atoms with Gasteiger partial charge in [0.15, 0.2) is 0 Å². The molecule has 2 rings (SSSR count). The van der Waals surface area contributed by atoms with Gasteiger partial charge in [0, 0.05) is 12.8 Å². The van der Waals surface area contributed by atoms with Crippen molar-refractivity contribution in [3.63, 3.8) is 0 Å². The van der Waals surface area contributed by atoms with Crippen molar-refractivity contribution in [1.82, 2.24) is 4.98 Å². The highest BCUT2D eigenvalue weighted by molar-refractivity contribution is 7.98. The van der Waals surface area contributed by atoms with Gasteiger partial charge in [0.1, 0.15) is 10.8 Å². The average Bonchev–Trinajstić information content (AvgIpc) is 2.39. The Hall–Kier alpha value is -0.900. The lowest BCUT2D eigenvalue weighted by Crippen LogP contribution is -1.95. The molecule has 2 nitrogen and oxygen atoms in total. The average molecular weight is 299 g/mol. The van der Waals surface area contributed by atoms with Crippen molar-refractivity contribution in [1.29, 1.82) is 0 Å². The van der Waals surface area contributed by atoms with Gasteiger partial charge in [0.05, 0.1) is 10.0 Å². The maximum atomic E-state index is 6.13. The molecule has 0 aliphatic heterocycles. The molecule has 0 fully saturated rings. The minimum absolute atomic E-state index is 0.534. The lowest BCUT2D eigenvalue weighted by atomic mass is 10.2. The van der Waals surface area contributed by atoms with Crippen LogP contribution in [0.2, 0.25) is 10.0 Å². The molecular formula is C13H12Cl2N2S. The van der Waals surface area contributed by atoms with Gasteiger partial charge in [-0.05, 0) is 11.6 Å². The number of hydrogen-bond donors (Lipinski definition) is 1. The first-order chi connectivity index (χ1) is 8.70. The zero-order valence-corrected chi connectivity index (χ0v) is 12.1. The molecule has 0 radical (unpaired) electrons. The van der Waals surface area contributed by atoms with E-state index in [4.69, 9.17) is 23.2 Å². The van der Waals surface area contributed by atoms with E-state index in [1.807, 2.05) is 18.2 Å². The number of hydrogen-bond acceptors (Lipinski definition) is 3. The van der Waals surface area contributed by atoms with Crippen LogP contribution in [-0.2, 0) is 5.75 Å². The summed E-state index contributed by atoms with van der Waals surface area (Å²) in [6, 6.07) is 11.9. The van der Waals surface area contributed by atoms with Crippen molar-refractivity contribution in [3.8, 4) is 0 Å². The molecule has 0 atom stereocenters. The molecule has 2 aromatic rings. The normalized spacial score (nSPS) is 10.4. The van der Waals surface area contributed by atoms with E-state index < -0.39 is 0 Å². The van der Waals surface area contributed by atoms with Crippen LogP contribution in [0.15, 0.2) is 41.4 Å². The van der Waals surface area contributed by atoms with Crippen LogP contribution in [0.1, 0.15) is 5.56 Å². The summed E-state index contributed by atoms with van der Waals surface area (Å²) in [4.78, 5) is 4.39. The highest BCUT2D eigenvalue weighted by atomic mass is 35.5. The van der Waals surface area contributed by atoms with Crippen LogP contribution in [0.3, 0.4) is 0 Å². The molecule has 0 amide bonds. The van der Waals surface area contributed by atoms with Crippen LogP contribution in [0, 0.1) is 0 Å². The second-order valence-corrected chi connectivity index (χ2v) is 5.41. The van der Waals surface area contributed by atoms with Crippen LogP contribution in [0.5, 0.6) is 0 Å². The summed E-state index contributed by atoms with van der Waals surface area (Å²) in [5, 5.41) is 4.85. The van der Waals surface area contributed by atoms with Crippen molar-refractivity contribution in [3.05, 3.63) is 52.0 Å². The SMILES string of the molecule is CNc1nc(SCc2ccccc2)c(Cl)cc1Cl. The number of anilines is 1. The second-order valence-electron chi connectivity index (χ2n) is 3.63. The van der Waals surface area contributed by atoms with Crippen LogP contribution < -0.4 is 5.32 Å². The van der Waals surface area contributed by atoms with E-state index in [9.17, 15) is 0 Å². The van der Waals surface area contributed by atoms with Gasteiger partial charge in [-0.2, -0.15) is 0 Å². The third-order valence-corrected chi connectivity index (χ3v) is 4.10. The highest BCUT2D eigenvalue weighted by Crippen LogP contribution is 2.33. The van der Waals surface area contributed by atoms with Gasteiger partial charge < -0.3 is 5.32 Å². The Morgan fingerprint density at radius 2 is 1.89 bits per heavy atom. The maximum Gasteiger partial charge on any atom is 0.145 e. The molecule has 0 unspecified atom stereocenters. The minimum atomic E-state index is 0.534. The first kappa shape index (κ1) is 13.5. The number of thioether (sulfide) groups is 1. The number of halogens is 2. The lowest BCUT2D eigenvalue weighted by Gasteiger charge is -2.08. The molecule has 1 aromatic heterocycles. The Kier molecular flexibility index (Phi) is 4.75. The number of nitrogens with zero attached hydrogens (tertiary/aromatic N) is 1. The first-order valence-corrected chi connectivity index (χ1v) is 7.15. The van der Waals surface area contributed by atoms with Gasteiger partial charge in [-0.25, -0.2) is 4.98 Å². The van der Waals surface area contributed by atoms with E-state index in [2.05, 4.69) is 22.4 Å². The summed E-state index contributed by atoms with van der Waals surface area (Å²) >= 11 is 13.7. The van der Waals surface area contributed by atoms with E-state index in [-0.39, 0.29) is 0 Å². The lowest BCUT2D eigenvalue weighted by molar-refractivity contribution is 1.12. The van der Waals surface area contributed by atoms with Crippen molar-refractivity contribution in [2.75, 3.05) is 12.4 Å². The fraction of sp³-hybridized carbons (Fsp3) is 0.154. The fourth-order valence-corrected chi connectivity index (χ4v) is 2.92. The Morgan fingerprint density at radius 3 is 2.56 bits per heavy atom. The van der Waals surface area contributed by atoms with Gasteiger partial charge in [-0.15, -0.1) is 11.8 Å². The monoisotopic (exact) mass is 298 g/mol. The Balaban J connectivity index is 2.14. The summed E-state index contributed by atoms with van der Waals surface area (Å²) in [6.07, 6.45) is 0. The van der Waals surface area contributed by atoms with Crippen LogP contribution in [-0.4, -0.2) is 12.0 Å². The molecule has 0 aliphatic carbocycles. The topological polar surface area (TPSA) is 24.9 Å². The van der Waals surface area contributed by atoms with Gasteiger partial charge in [-0.1, -0.05) is 53.5 Å². The third-order valence-electron chi connectivity index (χ3n) is 2.35. The molecule has 5 heteroatoms. The van der Waals surface area contributed by atoms with Gasteiger partial charge in [0.2, 0.25) is 0 Å². The zero-order chi connectivity index (χ0) is 13.0. The number of benzene rings is 1. The molecule has 0 saturated carbocycles. The zero-order valence-electron chi connectivity index (χ0n) is 9.78. The van der Waals surface area contributed by atoms with Crippen LogP contribution in [0.25, 0.3) is 0 Å². The Labute approximate surface area is 121 Å². The standard InChI is InChI=1S/C13H12Cl2N2S/c1-16-12-10(14)7-11(15)13(17-12)18-8-9-5-3-2-4-6-9/h2-7H,8H2,1H3,(H,16,17).